The van der Waals surface area contributed by atoms with E-state index in [1.54, 1.807) is 11.8 Å². The Balaban J connectivity index is 1.40. The van der Waals surface area contributed by atoms with Crippen LogP contribution in [0.1, 0.15) is 31.2 Å². The molecule has 1 aromatic carbocycles. The maximum atomic E-state index is 12.0. The molecule has 20 heavy (non-hydrogen) atoms. The van der Waals surface area contributed by atoms with Gasteiger partial charge in [-0.3, -0.25) is 4.79 Å². The Morgan fingerprint density at radius 3 is 2.85 bits per heavy atom. The number of carbonyl (C=O) groups is 1. The number of amides is 1. The van der Waals surface area contributed by atoms with Crippen LogP contribution in [0.3, 0.4) is 0 Å². The first-order chi connectivity index (χ1) is 9.72. The van der Waals surface area contributed by atoms with Crippen molar-refractivity contribution in [3.05, 3.63) is 34.9 Å². The van der Waals surface area contributed by atoms with Crippen LogP contribution >= 0.6 is 23.4 Å². The summed E-state index contributed by atoms with van der Waals surface area (Å²) in [7, 11) is 0. The zero-order valence-corrected chi connectivity index (χ0v) is 13.1. The number of hydrogen-bond donors (Lipinski definition) is 1. The fourth-order valence-electron chi connectivity index (χ4n) is 3.54. The molecule has 0 radical (unpaired) electrons. The number of hydrogen-bond acceptors (Lipinski definition) is 2. The predicted octanol–water partition coefficient (Wildman–Crippen LogP) is 3.88. The van der Waals surface area contributed by atoms with Crippen molar-refractivity contribution in [1.29, 1.82) is 0 Å². The molecule has 2 fully saturated rings. The average molecular weight is 310 g/mol. The van der Waals surface area contributed by atoms with Crippen LogP contribution < -0.4 is 5.32 Å². The van der Waals surface area contributed by atoms with Crippen LogP contribution in [0.15, 0.2) is 24.3 Å². The third kappa shape index (κ3) is 3.32. The van der Waals surface area contributed by atoms with E-state index in [0.717, 1.165) is 28.2 Å². The van der Waals surface area contributed by atoms with Crippen LogP contribution in [0.5, 0.6) is 0 Å². The van der Waals surface area contributed by atoms with E-state index in [9.17, 15) is 4.79 Å². The lowest BCUT2D eigenvalue weighted by atomic mass is 9.95. The van der Waals surface area contributed by atoms with Crippen LogP contribution in [-0.4, -0.2) is 17.7 Å². The van der Waals surface area contributed by atoms with Crippen molar-refractivity contribution in [2.75, 3.05) is 5.75 Å². The fourth-order valence-corrected chi connectivity index (χ4v) is 4.66. The minimum absolute atomic E-state index is 0.180. The second-order valence-electron chi connectivity index (χ2n) is 5.93. The molecule has 2 saturated carbocycles. The van der Waals surface area contributed by atoms with E-state index >= 15 is 0 Å². The maximum Gasteiger partial charge on any atom is 0.230 e. The molecule has 0 spiro atoms. The Morgan fingerprint density at radius 2 is 2.15 bits per heavy atom. The van der Waals surface area contributed by atoms with E-state index in [4.69, 9.17) is 11.6 Å². The molecule has 2 aliphatic rings. The molecule has 1 N–H and O–H groups in total. The summed E-state index contributed by atoms with van der Waals surface area (Å²) >= 11 is 7.74. The summed E-state index contributed by atoms with van der Waals surface area (Å²) in [5.74, 6) is 3.13. The lowest BCUT2D eigenvalue weighted by molar-refractivity contribution is -0.119. The molecule has 108 valence electrons. The fraction of sp³-hybridized carbons (Fsp3) is 0.562. The minimum Gasteiger partial charge on any atom is -0.352 e. The van der Waals surface area contributed by atoms with Gasteiger partial charge in [0.05, 0.1) is 5.75 Å². The van der Waals surface area contributed by atoms with Crippen molar-refractivity contribution in [3.8, 4) is 0 Å². The minimum atomic E-state index is 0.180. The van der Waals surface area contributed by atoms with Gasteiger partial charge >= 0.3 is 0 Å². The molecule has 0 aliphatic heterocycles. The van der Waals surface area contributed by atoms with Gasteiger partial charge in [0, 0.05) is 16.8 Å². The molecule has 2 aliphatic carbocycles. The summed E-state index contributed by atoms with van der Waals surface area (Å²) in [6, 6.07) is 8.27. The monoisotopic (exact) mass is 309 g/mol. The highest BCUT2D eigenvalue weighted by molar-refractivity contribution is 7.99. The summed E-state index contributed by atoms with van der Waals surface area (Å²) in [6.07, 6.45) is 5.21. The summed E-state index contributed by atoms with van der Waals surface area (Å²) in [6.45, 7) is 0. The van der Waals surface area contributed by atoms with Crippen molar-refractivity contribution in [1.82, 2.24) is 5.32 Å². The van der Waals surface area contributed by atoms with Crippen molar-refractivity contribution in [3.63, 3.8) is 0 Å². The second-order valence-corrected chi connectivity index (χ2v) is 7.33. The van der Waals surface area contributed by atoms with Gasteiger partial charge in [-0.15, -0.1) is 11.8 Å². The molecule has 0 heterocycles. The average Bonchev–Trinajstić information content (AvgIpc) is 3.03. The Hall–Kier alpha value is -0.670. The van der Waals surface area contributed by atoms with E-state index < -0.39 is 0 Å². The van der Waals surface area contributed by atoms with Gasteiger partial charge in [0.2, 0.25) is 5.91 Å². The first-order valence-corrected chi connectivity index (χ1v) is 8.86. The Kier molecular flexibility index (Phi) is 4.57. The molecular weight excluding hydrogens is 290 g/mol. The summed E-state index contributed by atoms with van der Waals surface area (Å²) in [5, 5.41) is 4.00. The van der Waals surface area contributed by atoms with Crippen LogP contribution in [0.4, 0.5) is 0 Å². The molecule has 2 nitrogen and oxygen atoms in total. The first kappa shape index (κ1) is 14.3. The highest BCUT2D eigenvalue weighted by atomic mass is 35.5. The number of thioether (sulfide) groups is 1. The van der Waals surface area contributed by atoms with Gasteiger partial charge in [-0.05, 0) is 42.7 Å². The van der Waals surface area contributed by atoms with Gasteiger partial charge in [0.1, 0.15) is 0 Å². The Bertz CT molecular complexity index is 493. The van der Waals surface area contributed by atoms with Gasteiger partial charge in [0.25, 0.3) is 0 Å². The van der Waals surface area contributed by atoms with Gasteiger partial charge < -0.3 is 5.32 Å². The molecule has 0 unspecified atom stereocenters. The molecule has 1 aromatic rings. The zero-order chi connectivity index (χ0) is 13.9. The van der Waals surface area contributed by atoms with E-state index in [-0.39, 0.29) is 5.91 Å². The number of carbonyl (C=O) groups excluding carboxylic acids is 1. The third-order valence-electron chi connectivity index (χ3n) is 4.53. The van der Waals surface area contributed by atoms with Gasteiger partial charge in [-0.1, -0.05) is 36.2 Å². The summed E-state index contributed by atoms with van der Waals surface area (Å²) in [5.41, 5.74) is 1.10. The first-order valence-electron chi connectivity index (χ1n) is 7.33. The van der Waals surface area contributed by atoms with Crippen molar-refractivity contribution < 1.29 is 4.79 Å². The molecule has 1 amide bonds. The highest BCUT2D eigenvalue weighted by Crippen LogP contribution is 2.44. The largest absolute Gasteiger partial charge is 0.352 e. The highest BCUT2D eigenvalue weighted by Gasteiger charge is 2.39. The summed E-state index contributed by atoms with van der Waals surface area (Å²) < 4.78 is 0. The van der Waals surface area contributed by atoms with Gasteiger partial charge in [-0.25, -0.2) is 0 Å². The number of nitrogens with one attached hydrogen (secondary N) is 1. The van der Waals surface area contributed by atoms with Crippen molar-refractivity contribution in [2.45, 2.75) is 37.5 Å². The quantitative estimate of drug-likeness (QED) is 0.894. The van der Waals surface area contributed by atoms with Crippen molar-refractivity contribution in [2.24, 2.45) is 11.8 Å². The lowest BCUT2D eigenvalue weighted by Crippen LogP contribution is -2.39. The standard InChI is InChI=1S/C16H20ClNOS/c17-14-4-2-1-3-13(14)9-20-10-16(19)18-15-8-11-5-6-12(15)7-11/h1-4,11-12,15H,5-10H2,(H,18,19)/t11-,12+,15-/m1/s1. The van der Waals surface area contributed by atoms with Crippen LogP contribution in [-0.2, 0) is 10.5 Å². The van der Waals surface area contributed by atoms with Gasteiger partial charge in [-0.2, -0.15) is 0 Å². The van der Waals surface area contributed by atoms with E-state index in [1.165, 1.54) is 25.7 Å². The lowest BCUT2D eigenvalue weighted by Gasteiger charge is -2.22. The molecule has 3 rings (SSSR count). The van der Waals surface area contributed by atoms with Crippen LogP contribution in [0, 0.1) is 11.8 Å². The molecular formula is C16H20ClNOS. The Labute approximate surface area is 129 Å². The van der Waals surface area contributed by atoms with Crippen LogP contribution in [0.25, 0.3) is 0 Å². The van der Waals surface area contributed by atoms with Gasteiger partial charge in [0.15, 0.2) is 0 Å². The third-order valence-corrected chi connectivity index (χ3v) is 5.88. The van der Waals surface area contributed by atoms with Crippen LogP contribution in [0.2, 0.25) is 5.02 Å². The zero-order valence-electron chi connectivity index (χ0n) is 11.5. The normalized spacial score (nSPS) is 27.8. The molecule has 2 bridgehead atoms. The SMILES string of the molecule is O=C(CSCc1ccccc1Cl)N[C@@H]1C[C@@H]2CC[C@H]1C2. The molecule has 0 aromatic heterocycles. The molecule has 4 heteroatoms. The Morgan fingerprint density at radius 1 is 1.30 bits per heavy atom. The number of benzene rings is 1. The smallest absolute Gasteiger partial charge is 0.230 e. The number of rotatable bonds is 5. The molecule has 3 atom stereocenters. The predicted molar refractivity (Wildman–Crippen MR) is 85.0 cm³/mol. The van der Waals surface area contributed by atoms with Crippen molar-refractivity contribution >= 4 is 29.3 Å². The van der Waals surface area contributed by atoms with E-state index in [1.807, 2.05) is 24.3 Å². The molecule has 0 saturated heterocycles. The number of halogens is 1. The van der Waals surface area contributed by atoms with E-state index in [0.29, 0.717) is 11.8 Å². The van der Waals surface area contributed by atoms with E-state index in [2.05, 4.69) is 5.32 Å². The summed E-state index contributed by atoms with van der Waals surface area (Å²) in [4.78, 5) is 12.0. The second kappa shape index (κ2) is 6.40. The maximum absolute atomic E-state index is 12.0. The number of fused-ring (bicyclic) bond motifs is 2. The topological polar surface area (TPSA) is 29.1 Å².